The summed E-state index contributed by atoms with van der Waals surface area (Å²) in [5.74, 6) is -0.855. The van der Waals surface area contributed by atoms with Gasteiger partial charge in [-0.3, -0.25) is 14.4 Å². The fourth-order valence-corrected chi connectivity index (χ4v) is 3.20. The van der Waals surface area contributed by atoms with E-state index in [1.165, 1.54) is 6.26 Å². The van der Waals surface area contributed by atoms with Gasteiger partial charge in [0, 0.05) is 11.3 Å². The van der Waals surface area contributed by atoms with Gasteiger partial charge in [-0.15, -0.1) is 0 Å². The van der Waals surface area contributed by atoms with Crippen molar-refractivity contribution in [2.45, 2.75) is 6.54 Å². The molecule has 3 aromatic rings. The molecule has 0 bridgehead atoms. The maximum Gasteiger partial charge on any atom is 0.283 e. The van der Waals surface area contributed by atoms with Crippen LogP contribution in [0.3, 0.4) is 0 Å². The third-order valence-corrected chi connectivity index (χ3v) is 4.79. The van der Waals surface area contributed by atoms with Gasteiger partial charge in [0.25, 0.3) is 17.7 Å². The number of nitrogens with zero attached hydrogens (tertiary/aromatic N) is 1. The fourth-order valence-electron chi connectivity index (χ4n) is 2.99. The first-order valence-electron chi connectivity index (χ1n) is 9.06. The van der Waals surface area contributed by atoms with Crippen LogP contribution in [-0.2, 0) is 16.1 Å². The summed E-state index contributed by atoms with van der Waals surface area (Å²) in [5, 5.41) is 5.41. The molecular weight excluding hydrogens is 406 g/mol. The first-order chi connectivity index (χ1) is 14.5. The van der Waals surface area contributed by atoms with Crippen LogP contribution in [0.25, 0.3) is 0 Å². The predicted octanol–water partition coefficient (Wildman–Crippen LogP) is 3.65. The van der Waals surface area contributed by atoms with E-state index in [0.29, 0.717) is 22.7 Å². The molecule has 8 heteroatoms. The van der Waals surface area contributed by atoms with E-state index in [2.05, 4.69) is 10.6 Å². The van der Waals surface area contributed by atoms with Crippen molar-refractivity contribution < 1.29 is 18.8 Å². The number of anilines is 2. The van der Waals surface area contributed by atoms with Crippen LogP contribution in [-0.4, -0.2) is 17.7 Å². The lowest BCUT2D eigenvalue weighted by Crippen LogP contribution is -2.32. The number of carbonyl (C=O) groups excluding carboxylic acids is 3. The number of rotatable bonds is 6. The second kappa shape index (κ2) is 8.26. The minimum atomic E-state index is -0.609. The molecule has 3 amide bonds. The summed E-state index contributed by atoms with van der Waals surface area (Å²) in [7, 11) is 0. The van der Waals surface area contributed by atoms with Crippen molar-refractivity contribution in [2.24, 2.45) is 0 Å². The molecule has 1 aromatic heterocycles. The van der Waals surface area contributed by atoms with Crippen molar-refractivity contribution in [3.63, 3.8) is 0 Å². The van der Waals surface area contributed by atoms with Gasteiger partial charge in [0.1, 0.15) is 16.5 Å². The molecule has 0 saturated heterocycles. The summed E-state index contributed by atoms with van der Waals surface area (Å²) in [5.41, 5.74) is 1.21. The lowest BCUT2D eigenvalue weighted by molar-refractivity contribution is -0.120. The molecule has 4 rings (SSSR count). The Kier molecular flexibility index (Phi) is 5.36. The molecule has 2 N–H and O–H groups in total. The van der Waals surface area contributed by atoms with E-state index in [1.54, 1.807) is 66.7 Å². The lowest BCUT2D eigenvalue weighted by Gasteiger charge is -2.15. The third kappa shape index (κ3) is 3.83. The zero-order chi connectivity index (χ0) is 21.1. The molecule has 2 heterocycles. The smallest absolute Gasteiger partial charge is 0.283 e. The third-order valence-electron chi connectivity index (χ3n) is 4.44. The van der Waals surface area contributed by atoms with Gasteiger partial charge in [0.2, 0.25) is 0 Å². The van der Waals surface area contributed by atoms with Crippen LogP contribution in [0.4, 0.5) is 11.4 Å². The van der Waals surface area contributed by atoms with Gasteiger partial charge < -0.3 is 15.1 Å². The average molecular weight is 422 g/mol. The van der Waals surface area contributed by atoms with E-state index < -0.39 is 11.8 Å². The molecular formula is C22H16ClN3O4. The number of hydrogen-bond acceptors (Lipinski definition) is 5. The molecule has 1 aliphatic heterocycles. The van der Waals surface area contributed by atoms with Gasteiger partial charge in [-0.05, 0) is 42.5 Å². The average Bonchev–Trinajstić information content (AvgIpc) is 3.36. The molecule has 0 saturated carbocycles. The highest BCUT2D eigenvalue weighted by Crippen LogP contribution is 2.30. The maximum atomic E-state index is 12.8. The van der Waals surface area contributed by atoms with Crippen LogP contribution in [0.15, 0.2) is 88.1 Å². The molecule has 1 aliphatic rings. The van der Waals surface area contributed by atoms with E-state index in [9.17, 15) is 14.4 Å². The predicted molar refractivity (Wildman–Crippen MR) is 112 cm³/mol. The largest absolute Gasteiger partial charge is 0.467 e. The number of halogens is 1. The summed E-state index contributed by atoms with van der Waals surface area (Å²) in [6.07, 6.45) is 1.53. The van der Waals surface area contributed by atoms with Gasteiger partial charge in [-0.25, -0.2) is 4.90 Å². The summed E-state index contributed by atoms with van der Waals surface area (Å²) in [6, 6.07) is 18.5. The summed E-state index contributed by atoms with van der Waals surface area (Å²) >= 11 is 6.14. The summed E-state index contributed by atoms with van der Waals surface area (Å²) in [4.78, 5) is 38.7. The highest BCUT2D eigenvalue weighted by atomic mass is 35.5. The summed E-state index contributed by atoms with van der Waals surface area (Å²) < 4.78 is 5.19. The minimum Gasteiger partial charge on any atom is -0.467 e. The number of furan rings is 1. The van der Waals surface area contributed by atoms with Crippen LogP contribution in [0.2, 0.25) is 0 Å². The van der Waals surface area contributed by atoms with E-state index in [-0.39, 0.29) is 23.2 Å². The van der Waals surface area contributed by atoms with E-state index in [4.69, 9.17) is 16.0 Å². The Balaban J connectivity index is 1.50. The van der Waals surface area contributed by atoms with E-state index in [1.807, 2.05) is 0 Å². The molecule has 0 radical (unpaired) electrons. The number of hydrogen-bond donors (Lipinski definition) is 2. The van der Waals surface area contributed by atoms with Gasteiger partial charge >= 0.3 is 0 Å². The Morgan fingerprint density at radius 3 is 2.50 bits per heavy atom. The molecule has 0 aliphatic carbocycles. The highest BCUT2D eigenvalue weighted by molar-refractivity contribution is 6.53. The molecule has 0 atom stereocenters. The first-order valence-corrected chi connectivity index (χ1v) is 9.43. The van der Waals surface area contributed by atoms with Gasteiger partial charge in [0.05, 0.1) is 18.5 Å². The number of carbonyl (C=O) groups is 3. The molecule has 7 nitrogen and oxygen atoms in total. The van der Waals surface area contributed by atoms with Crippen LogP contribution in [0, 0.1) is 0 Å². The zero-order valence-electron chi connectivity index (χ0n) is 15.6. The van der Waals surface area contributed by atoms with Crippen molar-refractivity contribution >= 4 is 40.7 Å². The number of imide groups is 1. The van der Waals surface area contributed by atoms with Crippen LogP contribution >= 0.6 is 11.6 Å². The SMILES string of the molecule is O=C(NCc1ccco1)c1cccc(NC2=C(Cl)C(=O)N(c3ccccc3)C2=O)c1. The van der Waals surface area contributed by atoms with Gasteiger partial charge in [-0.2, -0.15) is 0 Å². The van der Waals surface area contributed by atoms with Gasteiger partial charge in [-0.1, -0.05) is 35.9 Å². The minimum absolute atomic E-state index is 0.0429. The Morgan fingerprint density at radius 1 is 0.967 bits per heavy atom. The molecule has 0 fully saturated rings. The van der Waals surface area contributed by atoms with Crippen LogP contribution in [0.5, 0.6) is 0 Å². The monoisotopic (exact) mass is 421 g/mol. The normalized spacial score (nSPS) is 13.7. The first kappa shape index (κ1) is 19.5. The molecule has 0 unspecified atom stereocenters. The zero-order valence-corrected chi connectivity index (χ0v) is 16.3. The van der Waals surface area contributed by atoms with E-state index >= 15 is 0 Å². The quantitative estimate of drug-likeness (QED) is 0.593. The van der Waals surface area contributed by atoms with Crippen molar-refractivity contribution in [2.75, 3.05) is 10.2 Å². The Morgan fingerprint density at radius 2 is 1.77 bits per heavy atom. The number of para-hydroxylation sites is 1. The summed E-state index contributed by atoms with van der Waals surface area (Å²) in [6.45, 7) is 0.249. The Labute approximate surface area is 176 Å². The van der Waals surface area contributed by atoms with Crippen molar-refractivity contribution in [1.82, 2.24) is 5.32 Å². The number of benzene rings is 2. The second-order valence-electron chi connectivity index (χ2n) is 6.44. The second-order valence-corrected chi connectivity index (χ2v) is 6.82. The maximum absolute atomic E-state index is 12.8. The number of amides is 3. The Bertz CT molecular complexity index is 1140. The van der Waals surface area contributed by atoms with Crippen molar-refractivity contribution in [1.29, 1.82) is 0 Å². The topological polar surface area (TPSA) is 91.7 Å². The standard InChI is InChI=1S/C22H16ClN3O4/c23-18-19(22(29)26(21(18)28)16-8-2-1-3-9-16)25-15-7-4-6-14(12-15)20(27)24-13-17-10-5-11-30-17/h1-12,25H,13H2,(H,24,27). The van der Waals surface area contributed by atoms with Crippen molar-refractivity contribution in [3.8, 4) is 0 Å². The molecule has 2 aromatic carbocycles. The highest BCUT2D eigenvalue weighted by Gasteiger charge is 2.38. The van der Waals surface area contributed by atoms with E-state index in [0.717, 1.165) is 4.90 Å². The molecule has 30 heavy (non-hydrogen) atoms. The fraction of sp³-hybridized carbons (Fsp3) is 0.0455. The number of nitrogens with one attached hydrogen (secondary N) is 2. The molecule has 150 valence electrons. The molecule has 0 spiro atoms. The van der Waals surface area contributed by atoms with Gasteiger partial charge in [0.15, 0.2) is 0 Å². The van der Waals surface area contributed by atoms with Crippen LogP contribution < -0.4 is 15.5 Å². The van der Waals surface area contributed by atoms with Crippen molar-refractivity contribution in [3.05, 3.63) is 95.0 Å². The van der Waals surface area contributed by atoms with Crippen LogP contribution in [0.1, 0.15) is 16.1 Å². The Hall–Kier alpha value is -3.84. The lowest BCUT2D eigenvalue weighted by atomic mass is 10.2.